The summed E-state index contributed by atoms with van der Waals surface area (Å²) >= 11 is 1.36. The molecule has 0 N–H and O–H groups in total. The number of fused-ring (bicyclic) bond motifs is 1. The molecule has 5 nitrogen and oxygen atoms in total. The summed E-state index contributed by atoms with van der Waals surface area (Å²) in [5.74, 6) is 0.807. The predicted octanol–water partition coefficient (Wildman–Crippen LogP) is 1.71. The van der Waals surface area contributed by atoms with Crippen LogP contribution in [0.25, 0.3) is 0 Å². The fraction of sp³-hybridized carbons (Fsp3) is 0.417. The fourth-order valence-corrected chi connectivity index (χ4v) is 5.01. The normalized spacial score (nSPS) is 16.5. The Balaban J connectivity index is 1.89. The quantitative estimate of drug-likeness (QED) is 0.866. The summed E-state index contributed by atoms with van der Waals surface area (Å²) in [4.78, 5) is 5.29. The van der Waals surface area contributed by atoms with E-state index in [9.17, 15) is 8.42 Å². The van der Waals surface area contributed by atoms with E-state index >= 15 is 0 Å². The monoisotopic (exact) mass is 297 g/mol. The van der Waals surface area contributed by atoms with Crippen molar-refractivity contribution in [3.8, 4) is 0 Å². The van der Waals surface area contributed by atoms with Gasteiger partial charge in [0.1, 0.15) is 10.0 Å². The van der Waals surface area contributed by atoms with Crippen molar-refractivity contribution in [3.63, 3.8) is 0 Å². The molecule has 0 saturated heterocycles. The molecule has 0 bridgehead atoms. The van der Waals surface area contributed by atoms with Gasteiger partial charge in [-0.3, -0.25) is 0 Å². The molecule has 0 aromatic carbocycles. The first-order valence-corrected chi connectivity index (χ1v) is 8.46. The molecule has 1 aliphatic heterocycles. The zero-order valence-corrected chi connectivity index (χ0v) is 12.2. The number of hydrogen-bond acceptors (Lipinski definition) is 4. The van der Waals surface area contributed by atoms with Gasteiger partial charge in [0.05, 0.1) is 6.54 Å². The lowest BCUT2D eigenvalue weighted by Gasteiger charge is -2.26. The summed E-state index contributed by atoms with van der Waals surface area (Å²) in [7, 11) is -3.37. The number of aromatic nitrogens is 2. The molecule has 2 aromatic rings. The maximum Gasteiger partial charge on any atom is 0.253 e. The van der Waals surface area contributed by atoms with Gasteiger partial charge in [-0.2, -0.15) is 4.31 Å². The van der Waals surface area contributed by atoms with Gasteiger partial charge in [0, 0.05) is 30.4 Å². The second-order valence-electron chi connectivity index (χ2n) is 4.45. The molecule has 3 rings (SSSR count). The van der Waals surface area contributed by atoms with Crippen molar-refractivity contribution in [2.24, 2.45) is 0 Å². The van der Waals surface area contributed by atoms with E-state index in [1.54, 1.807) is 12.3 Å². The van der Waals surface area contributed by atoms with Gasteiger partial charge in [0.15, 0.2) is 0 Å². The topological polar surface area (TPSA) is 55.2 Å². The standard InChI is InChI=1S/C12H15N3O2S2/c1-2-10-3-4-12(18-10)19(16,17)15-8-7-14-6-5-13-11(14)9-15/h3-6H,2,7-9H2,1H3. The number of imidazole rings is 1. The molecule has 0 aliphatic carbocycles. The summed E-state index contributed by atoms with van der Waals surface area (Å²) in [6, 6.07) is 3.60. The average molecular weight is 297 g/mol. The van der Waals surface area contributed by atoms with Crippen molar-refractivity contribution < 1.29 is 8.42 Å². The van der Waals surface area contributed by atoms with Crippen LogP contribution in [0.2, 0.25) is 0 Å². The third kappa shape index (κ3) is 2.22. The van der Waals surface area contributed by atoms with E-state index in [4.69, 9.17) is 0 Å². The lowest BCUT2D eigenvalue weighted by molar-refractivity contribution is 0.336. The molecular weight excluding hydrogens is 282 g/mol. The minimum absolute atomic E-state index is 0.356. The summed E-state index contributed by atoms with van der Waals surface area (Å²) in [5, 5.41) is 0. The molecule has 0 unspecified atom stereocenters. The Hall–Kier alpha value is -1.18. The van der Waals surface area contributed by atoms with E-state index in [0.29, 0.717) is 23.8 Å². The number of hydrogen-bond donors (Lipinski definition) is 0. The van der Waals surface area contributed by atoms with Crippen LogP contribution in [0.5, 0.6) is 0 Å². The number of aryl methyl sites for hydroxylation is 1. The summed E-state index contributed by atoms with van der Waals surface area (Å²) < 4.78 is 29.0. The third-order valence-electron chi connectivity index (χ3n) is 3.29. The maximum atomic E-state index is 12.5. The second kappa shape index (κ2) is 4.73. The van der Waals surface area contributed by atoms with E-state index in [2.05, 4.69) is 4.98 Å². The number of sulfonamides is 1. The highest BCUT2D eigenvalue weighted by Crippen LogP contribution is 2.27. The molecule has 0 amide bonds. The van der Waals surface area contributed by atoms with Gasteiger partial charge >= 0.3 is 0 Å². The van der Waals surface area contributed by atoms with Gasteiger partial charge in [-0.05, 0) is 18.6 Å². The van der Waals surface area contributed by atoms with Crippen molar-refractivity contribution in [2.45, 2.75) is 30.6 Å². The number of thiophene rings is 1. The first-order chi connectivity index (χ1) is 9.11. The Labute approximate surface area is 116 Å². The van der Waals surface area contributed by atoms with Gasteiger partial charge in [-0.1, -0.05) is 6.92 Å². The third-order valence-corrected chi connectivity index (χ3v) is 6.83. The summed E-state index contributed by atoms with van der Waals surface area (Å²) in [5.41, 5.74) is 0. The number of nitrogens with zero attached hydrogens (tertiary/aromatic N) is 3. The Kier molecular flexibility index (Phi) is 3.20. The van der Waals surface area contributed by atoms with E-state index in [-0.39, 0.29) is 0 Å². The molecule has 0 spiro atoms. The Morgan fingerprint density at radius 1 is 1.37 bits per heavy atom. The van der Waals surface area contributed by atoms with Crippen LogP contribution in [-0.4, -0.2) is 28.8 Å². The van der Waals surface area contributed by atoms with Crippen LogP contribution in [-0.2, 0) is 29.5 Å². The zero-order chi connectivity index (χ0) is 13.5. The molecule has 19 heavy (non-hydrogen) atoms. The molecular formula is C12H15N3O2S2. The molecule has 3 heterocycles. The molecule has 0 saturated carbocycles. The summed E-state index contributed by atoms with van der Waals surface area (Å²) in [6.07, 6.45) is 4.47. The van der Waals surface area contributed by atoms with Crippen LogP contribution < -0.4 is 0 Å². The van der Waals surface area contributed by atoms with Crippen molar-refractivity contribution in [1.82, 2.24) is 13.9 Å². The van der Waals surface area contributed by atoms with Crippen molar-refractivity contribution >= 4 is 21.4 Å². The van der Waals surface area contributed by atoms with Gasteiger partial charge < -0.3 is 4.57 Å². The van der Waals surface area contributed by atoms with Crippen LogP contribution in [0, 0.1) is 0 Å². The molecule has 102 valence electrons. The van der Waals surface area contributed by atoms with Crippen molar-refractivity contribution in [2.75, 3.05) is 6.54 Å². The highest BCUT2D eigenvalue weighted by Gasteiger charge is 2.29. The molecule has 1 aliphatic rings. The Morgan fingerprint density at radius 2 is 2.21 bits per heavy atom. The van der Waals surface area contributed by atoms with E-state index in [1.165, 1.54) is 15.6 Å². The van der Waals surface area contributed by atoms with Crippen LogP contribution in [0.15, 0.2) is 28.7 Å². The first kappa shape index (κ1) is 12.8. The minimum atomic E-state index is -3.37. The van der Waals surface area contributed by atoms with Crippen molar-refractivity contribution in [3.05, 3.63) is 35.2 Å². The van der Waals surface area contributed by atoms with Crippen molar-refractivity contribution in [1.29, 1.82) is 0 Å². The molecule has 2 aromatic heterocycles. The zero-order valence-electron chi connectivity index (χ0n) is 10.6. The maximum absolute atomic E-state index is 12.5. The van der Waals surface area contributed by atoms with E-state index in [1.807, 2.05) is 23.8 Å². The van der Waals surface area contributed by atoms with E-state index < -0.39 is 10.0 Å². The lowest BCUT2D eigenvalue weighted by atomic mass is 10.4. The molecule has 0 radical (unpaired) electrons. The second-order valence-corrected chi connectivity index (χ2v) is 7.78. The van der Waals surface area contributed by atoms with Gasteiger partial charge in [-0.25, -0.2) is 13.4 Å². The molecule has 0 fully saturated rings. The predicted molar refractivity (Wildman–Crippen MR) is 73.5 cm³/mol. The smallest absolute Gasteiger partial charge is 0.253 e. The lowest BCUT2D eigenvalue weighted by Crippen LogP contribution is -2.37. The Bertz CT molecular complexity index is 687. The van der Waals surface area contributed by atoms with E-state index in [0.717, 1.165) is 17.1 Å². The van der Waals surface area contributed by atoms with Crippen LogP contribution >= 0.6 is 11.3 Å². The van der Waals surface area contributed by atoms with Gasteiger partial charge in [0.25, 0.3) is 10.0 Å². The fourth-order valence-electron chi connectivity index (χ4n) is 2.17. The molecule has 7 heteroatoms. The Morgan fingerprint density at radius 3 is 2.95 bits per heavy atom. The largest absolute Gasteiger partial charge is 0.333 e. The van der Waals surface area contributed by atoms with Gasteiger partial charge in [0.2, 0.25) is 0 Å². The first-order valence-electron chi connectivity index (χ1n) is 6.20. The summed E-state index contributed by atoms with van der Waals surface area (Å²) in [6.45, 7) is 3.56. The highest BCUT2D eigenvalue weighted by molar-refractivity contribution is 7.91. The van der Waals surface area contributed by atoms with Crippen LogP contribution in [0.4, 0.5) is 0 Å². The van der Waals surface area contributed by atoms with Gasteiger partial charge in [-0.15, -0.1) is 11.3 Å². The van der Waals surface area contributed by atoms with Crippen LogP contribution in [0.3, 0.4) is 0 Å². The molecule has 0 atom stereocenters. The van der Waals surface area contributed by atoms with Crippen LogP contribution in [0.1, 0.15) is 17.6 Å². The highest BCUT2D eigenvalue weighted by atomic mass is 32.2. The number of rotatable bonds is 3. The average Bonchev–Trinajstić information content (AvgIpc) is 3.06. The minimum Gasteiger partial charge on any atom is -0.333 e. The SMILES string of the molecule is CCc1ccc(S(=O)(=O)N2CCn3ccnc3C2)s1.